The molecular weight excluding hydrogens is 262 g/mol. The average Bonchev–Trinajstić information content (AvgIpc) is 2.31. The van der Waals surface area contributed by atoms with Crippen molar-refractivity contribution < 1.29 is 9.53 Å². The maximum Gasteiger partial charge on any atom is 0.311 e. The topological polar surface area (TPSA) is 52.3 Å². The van der Waals surface area contributed by atoms with Gasteiger partial charge < -0.3 is 10.5 Å². The van der Waals surface area contributed by atoms with Crippen LogP contribution in [0.2, 0.25) is 5.02 Å². The number of methoxy groups -OCH3 is 1. The van der Waals surface area contributed by atoms with Gasteiger partial charge in [-0.05, 0) is 56.9 Å². The SMILES string of the molecule is COC(=O)C(C)(C)CC(N)c1cc(C)c(Cl)cc1C. The van der Waals surface area contributed by atoms with Crippen molar-refractivity contribution >= 4 is 17.6 Å². The van der Waals surface area contributed by atoms with E-state index in [9.17, 15) is 4.79 Å². The van der Waals surface area contributed by atoms with Crippen LogP contribution in [-0.4, -0.2) is 13.1 Å². The molecule has 0 aliphatic carbocycles. The van der Waals surface area contributed by atoms with Crippen molar-refractivity contribution in [3.8, 4) is 0 Å². The molecule has 1 aromatic rings. The minimum atomic E-state index is -0.603. The molecule has 0 aliphatic rings. The molecule has 0 fully saturated rings. The number of nitrogens with two attached hydrogens (primary N) is 1. The minimum Gasteiger partial charge on any atom is -0.469 e. The van der Waals surface area contributed by atoms with Crippen molar-refractivity contribution in [2.24, 2.45) is 11.1 Å². The van der Waals surface area contributed by atoms with Crippen LogP contribution in [0.1, 0.15) is 43.0 Å². The van der Waals surface area contributed by atoms with E-state index >= 15 is 0 Å². The number of benzene rings is 1. The third-order valence-corrected chi connectivity index (χ3v) is 3.82. The van der Waals surface area contributed by atoms with Crippen LogP contribution in [0.25, 0.3) is 0 Å². The number of aryl methyl sites for hydroxylation is 2. The molecule has 0 heterocycles. The van der Waals surface area contributed by atoms with Gasteiger partial charge in [0.15, 0.2) is 0 Å². The molecule has 4 heteroatoms. The zero-order valence-corrected chi connectivity index (χ0v) is 13.0. The van der Waals surface area contributed by atoms with Crippen LogP contribution in [0.15, 0.2) is 12.1 Å². The number of carbonyl (C=O) groups is 1. The molecule has 0 aliphatic heterocycles. The van der Waals surface area contributed by atoms with Gasteiger partial charge in [-0.3, -0.25) is 4.79 Å². The van der Waals surface area contributed by atoms with Gasteiger partial charge in [0.2, 0.25) is 0 Å². The normalized spacial score (nSPS) is 13.2. The smallest absolute Gasteiger partial charge is 0.311 e. The molecule has 1 aromatic carbocycles. The number of ether oxygens (including phenoxy) is 1. The fourth-order valence-electron chi connectivity index (χ4n) is 2.22. The van der Waals surface area contributed by atoms with Crippen molar-refractivity contribution in [2.45, 2.75) is 40.2 Å². The Bertz CT molecular complexity index is 483. The standard InChI is InChI=1S/C15H22ClNO2/c1-9-7-12(16)10(2)6-11(9)13(17)8-15(3,4)14(18)19-5/h6-7,13H,8,17H2,1-5H3. The second-order valence-electron chi connectivity index (χ2n) is 5.64. The van der Waals surface area contributed by atoms with Gasteiger partial charge in [0.1, 0.15) is 0 Å². The Morgan fingerprint density at radius 3 is 2.47 bits per heavy atom. The van der Waals surface area contributed by atoms with E-state index in [0.29, 0.717) is 6.42 Å². The van der Waals surface area contributed by atoms with Crippen molar-refractivity contribution in [1.29, 1.82) is 0 Å². The summed E-state index contributed by atoms with van der Waals surface area (Å²) < 4.78 is 4.81. The lowest BCUT2D eigenvalue weighted by molar-refractivity contribution is -0.151. The van der Waals surface area contributed by atoms with E-state index in [2.05, 4.69) is 0 Å². The molecule has 0 radical (unpaired) electrons. The molecular formula is C15H22ClNO2. The Morgan fingerprint density at radius 1 is 1.37 bits per heavy atom. The summed E-state index contributed by atoms with van der Waals surface area (Å²) in [5, 5.41) is 0.737. The first kappa shape index (κ1) is 16.0. The number of esters is 1. The summed E-state index contributed by atoms with van der Waals surface area (Å²) in [4.78, 5) is 11.7. The highest BCUT2D eigenvalue weighted by molar-refractivity contribution is 6.31. The van der Waals surface area contributed by atoms with Crippen LogP contribution in [0, 0.1) is 19.3 Å². The predicted octanol–water partition coefficient (Wildman–Crippen LogP) is 3.55. The molecule has 3 nitrogen and oxygen atoms in total. The van der Waals surface area contributed by atoms with Crippen LogP contribution in [0.3, 0.4) is 0 Å². The number of halogens is 1. The third-order valence-electron chi connectivity index (χ3n) is 3.41. The zero-order valence-electron chi connectivity index (χ0n) is 12.2. The fraction of sp³-hybridized carbons (Fsp3) is 0.533. The molecule has 1 unspecified atom stereocenters. The van der Waals surface area contributed by atoms with E-state index in [-0.39, 0.29) is 12.0 Å². The van der Waals surface area contributed by atoms with Gasteiger partial charge in [0, 0.05) is 11.1 Å². The quantitative estimate of drug-likeness (QED) is 0.860. The number of rotatable bonds is 4. The van der Waals surface area contributed by atoms with Crippen LogP contribution in [-0.2, 0) is 9.53 Å². The Hall–Kier alpha value is -1.06. The Labute approximate surface area is 120 Å². The highest BCUT2D eigenvalue weighted by Gasteiger charge is 2.31. The zero-order chi connectivity index (χ0) is 14.8. The summed E-state index contributed by atoms with van der Waals surface area (Å²) >= 11 is 6.08. The van der Waals surface area contributed by atoms with Crippen molar-refractivity contribution in [2.75, 3.05) is 7.11 Å². The first-order valence-corrected chi connectivity index (χ1v) is 6.67. The molecule has 1 rings (SSSR count). The first-order chi connectivity index (χ1) is 8.69. The van der Waals surface area contributed by atoms with Gasteiger partial charge in [0.05, 0.1) is 12.5 Å². The summed E-state index contributed by atoms with van der Waals surface area (Å²) in [6, 6.07) is 3.69. The highest BCUT2D eigenvalue weighted by atomic mass is 35.5. The van der Waals surface area contributed by atoms with Gasteiger partial charge in [-0.1, -0.05) is 17.7 Å². The van der Waals surface area contributed by atoms with Crippen LogP contribution >= 0.6 is 11.6 Å². The van der Waals surface area contributed by atoms with Crippen molar-refractivity contribution in [1.82, 2.24) is 0 Å². The van der Waals surface area contributed by atoms with E-state index < -0.39 is 5.41 Å². The number of carbonyl (C=O) groups excluding carboxylic acids is 1. The maximum atomic E-state index is 11.7. The molecule has 0 aromatic heterocycles. The highest BCUT2D eigenvalue weighted by Crippen LogP contribution is 2.32. The summed E-state index contributed by atoms with van der Waals surface area (Å²) in [7, 11) is 1.40. The molecule has 0 spiro atoms. The lowest BCUT2D eigenvalue weighted by Crippen LogP contribution is -2.30. The fourth-order valence-corrected chi connectivity index (χ4v) is 2.44. The molecule has 106 valence electrons. The Balaban J connectivity index is 2.99. The number of hydrogen-bond acceptors (Lipinski definition) is 3. The summed E-state index contributed by atoms with van der Waals surface area (Å²) in [5.41, 5.74) is 8.71. The summed E-state index contributed by atoms with van der Waals surface area (Å²) in [6.45, 7) is 7.61. The van der Waals surface area contributed by atoms with Crippen molar-refractivity contribution in [3.05, 3.63) is 33.8 Å². The average molecular weight is 284 g/mol. The van der Waals surface area contributed by atoms with Gasteiger partial charge in [-0.2, -0.15) is 0 Å². The predicted molar refractivity (Wildman–Crippen MR) is 78.3 cm³/mol. The molecule has 2 N–H and O–H groups in total. The largest absolute Gasteiger partial charge is 0.469 e. The van der Waals surface area contributed by atoms with E-state index in [4.69, 9.17) is 22.1 Å². The molecule has 0 bridgehead atoms. The first-order valence-electron chi connectivity index (χ1n) is 6.29. The second-order valence-corrected chi connectivity index (χ2v) is 6.05. The van der Waals surface area contributed by atoms with Crippen LogP contribution < -0.4 is 5.73 Å². The number of hydrogen-bond donors (Lipinski definition) is 1. The molecule has 0 amide bonds. The lowest BCUT2D eigenvalue weighted by Gasteiger charge is -2.26. The summed E-state index contributed by atoms with van der Waals surface area (Å²) in [6.07, 6.45) is 0.529. The summed E-state index contributed by atoms with van der Waals surface area (Å²) in [5.74, 6) is -0.244. The van der Waals surface area contributed by atoms with Crippen LogP contribution in [0.5, 0.6) is 0 Å². The minimum absolute atomic E-state index is 0.218. The Morgan fingerprint density at radius 2 is 1.95 bits per heavy atom. The second kappa shape index (κ2) is 5.93. The van der Waals surface area contributed by atoms with E-state index in [1.165, 1.54) is 7.11 Å². The molecule has 0 saturated heterocycles. The molecule has 1 atom stereocenters. The maximum absolute atomic E-state index is 11.7. The van der Waals surface area contributed by atoms with Gasteiger partial charge in [-0.15, -0.1) is 0 Å². The molecule has 19 heavy (non-hydrogen) atoms. The third kappa shape index (κ3) is 3.71. The molecule has 0 saturated carbocycles. The van der Waals surface area contributed by atoms with Crippen LogP contribution in [0.4, 0.5) is 0 Å². The lowest BCUT2D eigenvalue weighted by atomic mass is 9.82. The van der Waals surface area contributed by atoms with Gasteiger partial charge >= 0.3 is 5.97 Å². The van der Waals surface area contributed by atoms with Gasteiger partial charge in [-0.25, -0.2) is 0 Å². The van der Waals surface area contributed by atoms with Crippen molar-refractivity contribution in [3.63, 3.8) is 0 Å². The monoisotopic (exact) mass is 283 g/mol. The van der Waals surface area contributed by atoms with E-state index in [1.54, 1.807) is 0 Å². The van der Waals surface area contributed by atoms with E-state index in [0.717, 1.165) is 21.7 Å². The van der Waals surface area contributed by atoms with E-state index in [1.807, 2.05) is 39.8 Å². The van der Waals surface area contributed by atoms with Gasteiger partial charge in [0.25, 0.3) is 0 Å². The Kier molecular flexibility index (Phi) is 4.99.